The fourth-order valence-corrected chi connectivity index (χ4v) is 8.84. The van der Waals surface area contributed by atoms with Gasteiger partial charge in [-0.05, 0) is 30.9 Å². The van der Waals surface area contributed by atoms with Crippen LogP contribution < -0.4 is 14.8 Å². The lowest BCUT2D eigenvalue weighted by Crippen LogP contribution is -2.73. The number of thioether (sulfide) groups is 1. The van der Waals surface area contributed by atoms with E-state index < -0.39 is 5.97 Å². The molecule has 3 heterocycles. The highest BCUT2D eigenvalue weighted by Gasteiger charge is 2.70. The van der Waals surface area contributed by atoms with Gasteiger partial charge in [0.1, 0.15) is 12.2 Å². The molecule has 1 amide bonds. The Labute approximate surface area is 220 Å². The molecule has 6 rings (SSSR count). The molecule has 9 nitrogen and oxygen atoms in total. The van der Waals surface area contributed by atoms with E-state index in [4.69, 9.17) is 14.2 Å². The lowest BCUT2D eigenvalue weighted by Gasteiger charge is -2.61. The fraction of sp³-hybridized carbons (Fsp3) is 0.630. The highest BCUT2D eigenvalue weighted by molar-refractivity contribution is 8.14. The minimum Gasteiger partial charge on any atom is -0.481 e. The maximum Gasteiger partial charge on any atom is 0.308 e. The Morgan fingerprint density at radius 2 is 2.00 bits per heavy atom. The van der Waals surface area contributed by atoms with E-state index in [1.54, 1.807) is 6.07 Å². The molecule has 2 bridgehead atoms. The molecule has 1 aromatic carbocycles. The van der Waals surface area contributed by atoms with Gasteiger partial charge in [-0.2, -0.15) is 0 Å². The van der Waals surface area contributed by atoms with Gasteiger partial charge in [-0.25, -0.2) is 0 Å². The van der Waals surface area contributed by atoms with Crippen molar-refractivity contribution in [3.63, 3.8) is 0 Å². The quantitative estimate of drug-likeness (QED) is 0.350. The van der Waals surface area contributed by atoms with Crippen molar-refractivity contribution in [3.8, 4) is 11.5 Å². The van der Waals surface area contributed by atoms with Gasteiger partial charge in [-0.3, -0.25) is 19.2 Å². The Kier molecular flexibility index (Phi) is 5.83. The predicted molar refractivity (Wildman–Crippen MR) is 134 cm³/mol. The Balaban J connectivity index is 1.37. The molecule has 1 N–H and O–H groups in total. The van der Waals surface area contributed by atoms with E-state index in [9.17, 15) is 19.2 Å². The van der Waals surface area contributed by atoms with Crippen molar-refractivity contribution >= 4 is 34.7 Å². The Morgan fingerprint density at radius 1 is 1.19 bits per heavy atom. The third kappa shape index (κ3) is 3.78. The SMILES string of the molecule is CC(=O)Oc1ccc2c3c1O[C@H]1[C@@H](OC(C)=O)CCC4[C@@H](C2)[N@@+](C)(CC(=O)NC2CCSC2=O)CC[C@@]341. The Morgan fingerprint density at radius 3 is 2.70 bits per heavy atom. The van der Waals surface area contributed by atoms with Crippen molar-refractivity contribution in [1.29, 1.82) is 0 Å². The summed E-state index contributed by atoms with van der Waals surface area (Å²) in [6.45, 7) is 3.87. The first-order valence-electron chi connectivity index (χ1n) is 13.1. The molecule has 0 aromatic heterocycles. The average molecular weight is 530 g/mol. The second kappa shape index (κ2) is 8.73. The van der Waals surface area contributed by atoms with E-state index in [1.165, 1.54) is 25.6 Å². The molecule has 5 aliphatic rings. The molecule has 1 aromatic rings. The number of rotatable bonds is 5. The number of ether oxygens (including phenoxy) is 3. The third-order valence-corrected chi connectivity index (χ3v) is 10.3. The molecule has 1 saturated carbocycles. The number of esters is 2. The largest absolute Gasteiger partial charge is 0.481 e. The standard InChI is InChI=1S/C27H32N2O7S/c1-14(30)34-20-6-4-16-12-19-17-5-7-21(35-15(2)31)25-27(17,23(16)24(20)36-25)9-10-29(19,3)13-22(32)28-18-8-11-37-26(18)33/h4,6,17-19,21,25H,5,7-13H2,1-3H3/p+1/t17?,18?,19-,21+,25+,27+,29-/m1/s1. The van der Waals surface area contributed by atoms with Crippen LogP contribution in [-0.2, 0) is 35.8 Å². The minimum atomic E-state index is -0.410. The number of carbonyl (C=O) groups excluding carboxylic acids is 4. The molecule has 3 fully saturated rings. The van der Waals surface area contributed by atoms with Gasteiger partial charge in [0.25, 0.3) is 5.91 Å². The van der Waals surface area contributed by atoms with Crippen molar-refractivity contribution in [1.82, 2.24) is 5.32 Å². The third-order valence-electron chi connectivity index (χ3n) is 9.26. The van der Waals surface area contributed by atoms with Crippen LogP contribution in [0, 0.1) is 5.92 Å². The number of carbonyl (C=O) groups is 4. The molecular formula is C27H33N2O7S+. The zero-order valence-corrected chi connectivity index (χ0v) is 22.2. The minimum absolute atomic E-state index is 0.0473. The molecular weight excluding hydrogens is 496 g/mol. The van der Waals surface area contributed by atoms with E-state index in [0.29, 0.717) is 35.4 Å². The van der Waals surface area contributed by atoms with Gasteiger partial charge in [-0.15, -0.1) is 0 Å². The van der Waals surface area contributed by atoms with Crippen LogP contribution in [0.3, 0.4) is 0 Å². The summed E-state index contributed by atoms with van der Waals surface area (Å²) in [5, 5.41) is 3.03. The van der Waals surface area contributed by atoms with Crippen LogP contribution >= 0.6 is 11.8 Å². The molecule has 198 valence electrons. The fourth-order valence-electron chi connectivity index (χ4n) is 7.91. The van der Waals surface area contributed by atoms with Crippen LogP contribution in [0.4, 0.5) is 0 Å². The number of likely N-dealkylation sites (N-methyl/N-ethyl adjacent to an activating group) is 1. The van der Waals surface area contributed by atoms with Gasteiger partial charge in [0, 0.05) is 43.9 Å². The highest BCUT2D eigenvalue weighted by Crippen LogP contribution is 2.65. The van der Waals surface area contributed by atoms with Gasteiger partial charge < -0.3 is 24.0 Å². The second-order valence-corrected chi connectivity index (χ2v) is 12.5. The van der Waals surface area contributed by atoms with Crippen molar-refractivity contribution in [3.05, 3.63) is 23.3 Å². The smallest absolute Gasteiger partial charge is 0.308 e. The summed E-state index contributed by atoms with van der Waals surface area (Å²) in [4.78, 5) is 49.1. The molecule has 2 saturated heterocycles. The summed E-state index contributed by atoms with van der Waals surface area (Å²) in [6.07, 6.45) is 3.02. The highest BCUT2D eigenvalue weighted by atomic mass is 32.2. The van der Waals surface area contributed by atoms with E-state index in [0.717, 1.165) is 42.7 Å². The number of nitrogens with zero attached hydrogens (tertiary/aromatic N) is 1. The van der Waals surface area contributed by atoms with Crippen LogP contribution in [0.5, 0.6) is 11.5 Å². The van der Waals surface area contributed by atoms with E-state index in [-0.39, 0.29) is 52.6 Å². The summed E-state index contributed by atoms with van der Waals surface area (Å²) in [5.74, 6) is 1.17. The monoisotopic (exact) mass is 529 g/mol. The maximum absolute atomic E-state index is 13.2. The maximum atomic E-state index is 13.2. The average Bonchev–Trinajstić information content (AvgIpc) is 3.39. The molecule has 7 atom stereocenters. The van der Waals surface area contributed by atoms with Crippen LogP contribution in [-0.4, -0.2) is 77.6 Å². The molecule has 10 heteroatoms. The van der Waals surface area contributed by atoms with Gasteiger partial charge in [0.2, 0.25) is 5.12 Å². The number of quaternary nitrogens is 1. The Bertz CT molecular complexity index is 1200. The number of hydrogen-bond acceptors (Lipinski definition) is 8. The van der Waals surface area contributed by atoms with Crippen LogP contribution in [0.2, 0.25) is 0 Å². The van der Waals surface area contributed by atoms with Crippen molar-refractivity contribution in [2.24, 2.45) is 5.92 Å². The van der Waals surface area contributed by atoms with Crippen LogP contribution in [0.15, 0.2) is 12.1 Å². The number of hydrogen-bond donors (Lipinski definition) is 1. The zero-order chi connectivity index (χ0) is 26.1. The topological polar surface area (TPSA) is 108 Å². The molecule has 2 aliphatic carbocycles. The number of nitrogens with one attached hydrogen (secondary N) is 1. The van der Waals surface area contributed by atoms with E-state index in [2.05, 4.69) is 12.4 Å². The van der Waals surface area contributed by atoms with Gasteiger partial charge in [-0.1, -0.05) is 17.8 Å². The summed E-state index contributed by atoms with van der Waals surface area (Å²) >= 11 is 1.29. The predicted octanol–water partition coefficient (Wildman–Crippen LogP) is 1.88. The summed E-state index contributed by atoms with van der Waals surface area (Å²) in [7, 11) is 2.16. The summed E-state index contributed by atoms with van der Waals surface area (Å²) < 4.78 is 18.5. The first-order valence-corrected chi connectivity index (χ1v) is 14.1. The summed E-state index contributed by atoms with van der Waals surface area (Å²) in [5.41, 5.74) is 1.87. The van der Waals surface area contributed by atoms with E-state index in [1.807, 2.05) is 6.07 Å². The molecule has 3 aliphatic heterocycles. The van der Waals surface area contributed by atoms with Crippen molar-refractivity contribution < 1.29 is 37.9 Å². The molecule has 2 unspecified atom stereocenters. The van der Waals surface area contributed by atoms with Crippen molar-refractivity contribution in [2.45, 2.75) is 75.7 Å². The number of likely N-dealkylation sites (tertiary alicyclic amines) is 1. The number of piperidine rings is 1. The second-order valence-electron chi connectivity index (χ2n) is 11.4. The number of amides is 1. The van der Waals surface area contributed by atoms with Crippen molar-refractivity contribution in [2.75, 3.05) is 25.9 Å². The number of benzene rings is 1. The van der Waals surface area contributed by atoms with Gasteiger partial charge >= 0.3 is 11.9 Å². The molecule has 0 radical (unpaired) electrons. The Hall–Kier alpha value is -2.59. The van der Waals surface area contributed by atoms with Crippen LogP contribution in [0.25, 0.3) is 0 Å². The summed E-state index contributed by atoms with van der Waals surface area (Å²) in [6, 6.07) is 3.60. The van der Waals surface area contributed by atoms with E-state index >= 15 is 0 Å². The zero-order valence-electron chi connectivity index (χ0n) is 21.4. The lowest BCUT2D eigenvalue weighted by atomic mass is 9.51. The molecule has 1 spiro atoms. The lowest BCUT2D eigenvalue weighted by molar-refractivity contribution is -0.938. The van der Waals surface area contributed by atoms with Crippen LogP contribution in [0.1, 0.15) is 50.7 Å². The molecule has 37 heavy (non-hydrogen) atoms. The first-order chi connectivity index (χ1) is 17.6. The van der Waals surface area contributed by atoms with Gasteiger partial charge in [0.05, 0.1) is 31.1 Å². The van der Waals surface area contributed by atoms with Gasteiger partial charge in [0.15, 0.2) is 18.0 Å². The normalized spacial score (nSPS) is 36.8. The first kappa shape index (κ1) is 24.7.